The van der Waals surface area contributed by atoms with Crippen LogP contribution in [0.3, 0.4) is 0 Å². The van der Waals surface area contributed by atoms with Gasteiger partial charge in [-0.1, -0.05) is 92.7 Å². The molecule has 0 heterocycles. The molecule has 3 aromatic rings. The second-order valence-corrected chi connectivity index (χ2v) is 17.7. The van der Waals surface area contributed by atoms with Crippen molar-refractivity contribution in [2.45, 2.75) is 83.1 Å². The number of hydrogen-bond donors (Lipinski definition) is 4. The van der Waals surface area contributed by atoms with Gasteiger partial charge in [-0.25, -0.2) is 0 Å². The number of ketones is 1. The Balaban J connectivity index is 1.21. The van der Waals surface area contributed by atoms with Gasteiger partial charge in [-0.2, -0.15) is 0 Å². The van der Waals surface area contributed by atoms with E-state index in [1.807, 2.05) is 65.6 Å². The first-order valence-corrected chi connectivity index (χ1v) is 20.1. The quantitative estimate of drug-likeness (QED) is 0.116. The van der Waals surface area contributed by atoms with Gasteiger partial charge >= 0.3 is 0 Å². The van der Waals surface area contributed by atoms with Gasteiger partial charge in [0.2, 0.25) is 0 Å². The molecular formula is C47H57NO7. The van der Waals surface area contributed by atoms with Crippen LogP contribution >= 0.6 is 0 Å². The molecule has 2 spiro atoms. The fourth-order valence-corrected chi connectivity index (χ4v) is 12.4. The molecule has 0 aromatic heterocycles. The Labute approximate surface area is 325 Å². The second-order valence-electron chi connectivity index (χ2n) is 17.7. The largest absolute Gasteiger partial charge is 0.497 e. The lowest BCUT2D eigenvalue weighted by atomic mass is 9.32. The van der Waals surface area contributed by atoms with E-state index in [9.17, 15) is 20.4 Å². The van der Waals surface area contributed by atoms with Crippen LogP contribution in [0.25, 0.3) is 11.1 Å². The maximum absolute atomic E-state index is 15.5. The van der Waals surface area contributed by atoms with Crippen LogP contribution in [0.2, 0.25) is 0 Å². The summed E-state index contributed by atoms with van der Waals surface area (Å²) in [4.78, 5) is 17.5. The van der Waals surface area contributed by atoms with Crippen LogP contribution in [0.5, 0.6) is 11.5 Å². The van der Waals surface area contributed by atoms with Crippen molar-refractivity contribution in [1.29, 1.82) is 0 Å². The fourth-order valence-electron chi connectivity index (χ4n) is 12.4. The van der Waals surface area contributed by atoms with Gasteiger partial charge in [-0.05, 0) is 79.4 Å². The molecule has 55 heavy (non-hydrogen) atoms. The number of aliphatic hydroxyl groups is 4. The number of carbonyl (C=O) groups excluding carboxylic acids is 1. The number of rotatable bonds is 12. The summed E-state index contributed by atoms with van der Waals surface area (Å²) in [5.41, 5.74) is 1.40. The number of methoxy groups -OCH3 is 2. The third-order valence-corrected chi connectivity index (χ3v) is 15.3. The topological polar surface area (TPSA) is 120 Å². The fraction of sp³-hybridized carbons (Fsp3) is 0.511. The minimum absolute atomic E-state index is 0.0267. The lowest BCUT2D eigenvalue weighted by Gasteiger charge is -2.71. The van der Waals surface area contributed by atoms with Gasteiger partial charge in [0.15, 0.2) is 5.78 Å². The van der Waals surface area contributed by atoms with Crippen LogP contribution in [0, 0.1) is 33.5 Å². The van der Waals surface area contributed by atoms with Crippen molar-refractivity contribution >= 4 is 5.78 Å². The highest BCUT2D eigenvalue weighted by molar-refractivity contribution is 6.14. The predicted molar refractivity (Wildman–Crippen MR) is 213 cm³/mol. The summed E-state index contributed by atoms with van der Waals surface area (Å²) in [6.07, 6.45) is 10.7. The summed E-state index contributed by atoms with van der Waals surface area (Å²) >= 11 is 0. The Morgan fingerprint density at radius 1 is 0.891 bits per heavy atom. The Morgan fingerprint density at radius 2 is 1.60 bits per heavy atom. The average Bonchev–Trinajstić information content (AvgIpc) is 3.47. The van der Waals surface area contributed by atoms with Crippen LogP contribution in [0.15, 0.2) is 96.6 Å². The molecule has 3 saturated carbocycles. The maximum Gasteiger partial charge on any atom is 0.190 e. The van der Waals surface area contributed by atoms with Gasteiger partial charge < -0.3 is 29.9 Å². The Hall–Kier alpha value is -3.79. The van der Waals surface area contributed by atoms with E-state index in [1.165, 1.54) is 0 Å². The summed E-state index contributed by atoms with van der Waals surface area (Å²) in [5.74, 6) is 1.50. The molecule has 3 aromatic carbocycles. The lowest BCUT2D eigenvalue weighted by Crippen LogP contribution is -2.67. The first-order chi connectivity index (χ1) is 26.4. The van der Waals surface area contributed by atoms with Crippen LogP contribution in [-0.2, 0) is 6.54 Å². The molecule has 0 amide bonds. The van der Waals surface area contributed by atoms with E-state index in [4.69, 9.17) is 9.47 Å². The number of hydrogen-bond acceptors (Lipinski definition) is 8. The summed E-state index contributed by atoms with van der Waals surface area (Å²) in [7, 11) is 3.23. The highest BCUT2D eigenvalue weighted by atomic mass is 16.5. The molecule has 4 N–H and O–H groups in total. The Morgan fingerprint density at radius 3 is 2.35 bits per heavy atom. The zero-order valence-corrected chi connectivity index (χ0v) is 32.7. The number of allylic oxidation sites excluding steroid dienone is 4. The predicted octanol–water partition coefficient (Wildman–Crippen LogP) is 7.00. The van der Waals surface area contributed by atoms with Crippen molar-refractivity contribution in [3.8, 4) is 22.6 Å². The van der Waals surface area contributed by atoms with Crippen molar-refractivity contribution < 1.29 is 34.7 Å². The molecule has 292 valence electrons. The van der Waals surface area contributed by atoms with Gasteiger partial charge in [0.25, 0.3) is 0 Å². The molecule has 9 rings (SSSR count). The number of aliphatic hydroxyl groups excluding tert-OH is 3. The van der Waals surface area contributed by atoms with Gasteiger partial charge in [0, 0.05) is 58.6 Å². The van der Waals surface area contributed by atoms with Crippen molar-refractivity contribution in [3.05, 3.63) is 108 Å². The summed E-state index contributed by atoms with van der Waals surface area (Å²) in [6.45, 7) is 5.10. The average molecular weight is 748 g/mol. The maximum atomic E-state index is 15.5. The molecule has 8 heteroatoms. The van der Waals surface area contributed by atoms with Gasteiger partial charge in [-0.3, -0.25) is 9.69 Å². The highest BCUT2D eigenvalue weighted by Gasteiger charge is 2.74. The van der Waals surface area contributed by atoms with Gasteiger partial charge in [0.1, 0.15) is 11.5 Å². The van der Waals surface area contributed by atoms with Crippen molar-refractivity contribution in [3.63, 3.8) is 0 Å². The van der Waals surface area contributed by atoms with E-state index in [0.717, 1.165) is 54.4 Å². The third-order valence-electron chi connectivity index (χ3n) is 15.3. The molecular weight excluding hydrogens is 691 g/mol. The van der Waals surface area contributed by atoms with E-state index in [2.05, 4.69) is 44.2 Å². The highest BCUT2D eigenvalue weighted by Crippen LogP contribution is 2.78. The molecule has 2 bridgehead atoms. The van der Waals surface area contributed by atoms with E-state index in [-0.39, 0.29) is 42.7 Å². The minimum Gasteiger partial charge on any atom is -0.497 e. The SMILES string of the molecule is COc1ccc(CN(C[C@H](O)CO)C[C@]2(O)CC[C@H]3[C@]45C=C[C@@]6(C=C4C(=O)c4ccccc4-c4ccccc4)CC(O)CC[C@]6(C)[C@H]5CC[C@@]32C)c(OC)c1. The van der Waals surface area contributed by atoms with E-state index in [0.29, 0.717) is 36.4 Å². The minimum atomic E-state index is -1.15. The van der Waals surface area contributed by atoms with Crippen LogP contribution < -0.4 is 9.47 Å². The molecule has 0 saturated heterocycles. The first-order valence-electron chi connectivity index (χ1n) is 20.1. The van der Waals surface area contributed by atoms with Gasteiger partial charge in [-0.15, -0.1) is 0 Å². The molecule has 9 atom stereocenters. The van der Waals surface area contributed by atoms with Gasteiger partial charge in [0.05, 0.1) is 38.6 Å². The monoisotopic (exact) mass is 747 g/mol. The molecule has 1 unspecified atom stereocenters. The summed E-state index contributed by atoms with van der Waals surface area (Å²) < 4.78 is 11.2. The normalized spacial score (nSPS) is 35.1. The van der Waals surface area contributed by atoms with E-state index >= 15 is 4.79 Å². The molecule has 0 radical (unpaired) electrons. The van der Waals surface area contributed by atoms with Crippen LogP contribution in [0.4, 0.5) is 0 Å². The number of nitrogens with zero attached hydrogens (tertiary/aromatic N) is 1. The zero-order valence-electron chi connectivity index (χ0n) is 32.7. The number of benzene rings is 3. The first kappa shape index (κ1) is 38.1. The number of Topliss-reactive ketones (excluding diaryl/α,β-unsaturated/α-hetero) is 1. The molecule has 6 aliphatic rings. The molecule has 3 fully saturated rings. The van der Waals surface area contributed by atoms with Crippen LogP contribution in [0.1, 0.15) is 74.7 Å². The third kappa shape index (κ3) is 5.77. The Bertz CT molecular complexity index is 2000. The second kappa shape index (κ2) is 14.0. The van der Waals surface area contributed by atoms with Crippen molar-refractivity contribution in [2.24, 2.45) is 33.5 Å². The van der Waals surface area contributed by atoms with Crippen molar-refractivity contribution in [2.75, 3.05) is 33.9 Å². The summed E-state index contributed by atoms with van der Waals surface area (Å²) in [6, 6.07) is 23.7. The zero-order chi connectivity index (χ0) is 38.8. The number of carbonyl (C=O) groups is 1. The lowest BCUT2D eigenvalue weighted by molar-refractivity contribution is -0.177. The molecule has 0 aliphatic heterocycles. The van der Waals surface area contributed by atoms with E-state index < -0.39 is 34.1 Å². The number of ether oxygens (including phenoxy) is 2. The molecule has 8 nitrogen and oxygen atoms in total. The summed E-state index contributed by atoms with van der Waals surface area (Å²) in [5, 5.41) is 45.0. The van der Waals surface area contributed by atoms with Crippen LogP contribution in [-0.4, -0.2) is 82.8 Å². The molecule has 6 aliphatic carbocycles. The number of fused-ring (bicyclic) bond motifs is 1. The van der Waals surface area contributed by atoms with Crippen molar-refractivity contribution in [1.82, 2.24) is 4.90 Å². The smallest absolute Gasteiger partial charge is 0.190 e. The standard InChI is InChI=1S/C47H57NO7/c1-43-19-16-33(50)25-45(43)22-23-47(38(26-45)42(52)37-13-9-8-12-36(37)31-10-6-5-7-11-31)40(43)17-20-44(2)41(47)18-21-46(44,53)30-48(28-34(51)29-49)27-32-14-15-35(54-3)24-39(32)55-4/h5-15,22-24,26,33-34,40-41,49-51,53H,16-21,25,27-30H2,1-4H3/t33?,34-,40+,41+,43+,44-,45-,46+,47+/m0/s1. The van der Waals surface area contributed by atoms with E-state index in [1.54, 1.807) is 14.2 Å². The Kier molecular flexibility index (Phi) is 9.70.